The number of hydrogen-bond acceptors (Lipinski definition) is 5. The van der Waals surface area contributed by atoms with Crippen molar-refractivity contribution < 1.29 is 24.5 Å². The number of pyridine rings is 1. The molecule has 32 heavy (non-hydrogen) atoms. The lowest BCUT2D eigenvalue weighted by Crippen LogP contribution is -2.43. The fraction of sp³-hybridized carbons (Fsp3) is 0.462. The van der Waals surface area contributed by atoms with E-state index in [0.29, 0.717) is 19.4 Å². The number of nitrogens with zero attached hydrogens (tertiary/aromatic N) is 1. The van der Waals surface area contributed by atoms with E-state index in [-0.39, 0.29) is 29.6 Å². The van der Waals surface area contributed by atoms with Crippen LogP contribution in [0.3, 0.4) is 0 Å². The molecule has 0 amide bonds. The summed E-state index contributed by atoms with van der Waals surface area (Å²) in [4.78, 5) is 14.9. The first-order chi connectivity index (χ1) is 15.4. The molecule has 3 atom stereocenters. The molecule has 172 valence electrons. The minimum Gasteiger partial charge on any atom is -0.508 e. The standard InChI is InChI=1S/C26H33NO5/c1-26(2,15-14-19-9-8-16-27-17-19)25-31-18-20(10-4-3-5-13-23(29)30)24(32-25)21-11-6-7-12-22(21)28/h3-4,6-9,11-12,16-17,20,24-25,28H,5,10,13-15,18H2,1-2H3,(H,29,30)/b4-3+/t20-,24+,25+/m1/s1. The number of aromatic nitrogens is 1. The Kier molecular flexibility index (Phi) is 8.42. The number of rotatable bonds is 10. The van der Waals surface area contributed by atoms with Gasteiger partial charge in [0.05, 0.1) is 12.7 Å². The number of phenols is 1. The fourth-order valence-corrected chi connectivity index (χ4v) is 3.96. The smallest absolute Gasteiger partial charge is 0.303 e. The topological polar surface area (TPSA) is 88.9 Å². The zero-order valence-corrected chi connectivity index (χ0v) is 18.8. The van der Waals surface area contributed by atoms with Crippen molar-refractivity contribution in [2.75, 3.05) is 6.61 Å². The van der Waals surface area contributed by atoms with Crippen molar-refractivity contribution in [3.8, 4) is 5.75 Å². The van der Waals surface area contributed by atoms with Crippen molar-refractivity contribution >= 4 is 5.97 Å². The number of aromatic hydroxyl groups is 1. The van der Waals surface area contributed by atoms with Crippen molar-refractivity contribution in [3.05, 3.63) is 72.1 Å². The van der Waals surface area contributed by atoms with Gasteiger partial charge in [-0.25, -0.2) is 0 Å². The van der Waals surface area contributed by atoms with Gasteiger partial charge in [0.1, 0.15) is 5.75 Å². The van der Waals surface area contributed by atoms with Gasteiger partial charge in [-0.2, -0.15) is 0 Å². The highest BCUT2D eigenvalue weighted by Crippen LogP contribution is 2.43. The first-order valence-corrected chi connectivity index (χ1v) is 11.2. The Morgan fingerprint density at radius 1 is 1.22 bits per heavy atom. The molecule has 1 aliphatic rings. The summed E-state index contributed by atoms with van der Waals surface area (Å²) in [6.45, 7) is 4.79. The fourth-order valence-electron chi connectivity index (χ4n) is 3.96. The molecule has 2 aromatic rings. The zero-order valence-electron chi connectivity index (χ0n) is 18.8. The van der Waals surface area contributed by atoms with Gasteiger partial charge >= 0.3 is 5.97 Å². The highest BCUT2D eigenvalue weighted by molar-refractivity contribution is 5.66. The Morgan fingerprint density at radius 2 is 2.03 bits per heavy atom. The number of hydrogen-bond donors (Lipinski definition) is 2. The number of aliphatic carboxylic acids is 1. The first-order valence-electron chi connectivity index (χ1n) is 11.2. The van der Waals surface area contributed by atoms with Gasteiger partial charge in [0.15, 0.2) is 6.29 Å². The van der Waals surface area contributed by atoms with Gasteiger partial charge in [0.2, 0.25) is 0 Å². The van der Waals surface area contributed by atoms with Gasteiger partial charge in [-0.1, -0.05) is 50.3 Å². The van der Waals surface area contributed by atoms with Gasteiger partial charge in [0, 0.05) is 35.7 Å². The molecule has 1 aliphatic heterocycles. The molecule has 0 bridgehead atoms. The summed E-state index contributed by atoms with van der Waals surface area (Å²) in [7, 11) is 0. The van der Waals surface area contributed by atoms with Gasteiger partial charge in [-0.3, -0.25) is 9.78 Å². The molecule has 2 N–H and O–H groups in total. The lowest BCUT2D eigenvalue weighted by atomic mass is 9.83. The summed E-state index contributed by atoms with van der Waals surface area (Å²) in [5.41, 5.74) is 1.70. The van der Waals surface area contributed by atoms with Gasteiger partial charge in [0.25, 0.3) is 0 Å². The highest BCUT2D eigenvalue weighted by Gasteiger charge is 2.40. The van der Waals surface area contributed by atoms with E-state index in [0.717, 1.165) is 18.4 Å². The number of carboxylic acid groups (broad SMARTS) is 1. The predicted molar refractivity (Wildman–Crippen MR) is 122 cm³/mol. The minimum absolute atomic E-state index is 0.0229. The van der Waals surface area contributed by atoms with E-state index in [1.165, 1.54) is 5.56 Å². The van der Waals surface area contributed by atoms with Crippen molar-refractivity contribution in [1.82, 2.24) is 4.98 Å². The summed E-state index contributed by atoms with van der Waals surface area (Å²) >= 11 is 0. The second-order valence-electron chi connectivity index (χ2n) is 9.03. The number of carboxylic acids is 1. The molecule has 2 heterocycles. The number of carbonyl (C=O) groups is 1. The molecule has 1 fully saturated rings. The third-order valence-electron chi connectivity index (χ3n) is 5.95. The van der Waals surface area contributed by atoms with E-state index >= 15 is 0 Å². The van der Waals surface area contributed by atoms with Crippen LogP contribution in [0.5, 0.6) is 5.75 Å². The summed E-state index contributed by atoms with van der Waals surface area (Å²) in [5, 5.41) is 19.3. The number of aryl methyl sites for hydroxylation is 1. The molecule has 6 heteroatoms. The van der Waals surface area contributed by atoms with Crippen molar-refractivity contribution in [2.45, 2.75) is 58.3 Å². The summed E-state index contributed by atoms with van der Waals surface area (Å²) < 4.78 is 12.7. The van der Waals surface area contributed by atoms with E-state index in [2.05, 4.69) is 24.9 Å². The average Bonchev–Trinajstić information content (AvgIpc) is 2.78. The van der Waals surface area contributed by atoms with Crippen LogP contribution in [0.4, 0.5) is 0 Å². The second-order valence-corrected chi connectivity index (χ2v) is 9.03. The van der Waals surface area contributed by atoms with Crippen LogP contribution in [0, 0.1) is 11.3 Å². The second kappa shape index (κ2) is 11.2. The Bertz CT molecular complexity index is 896. The molecular formula is C26H33NO5. The third-order valence-corrected chi connectivity index (χ3v) is 5.95. The van der Waals surface area contributed by atoms with Crippen LogP contribution in [-0.2, 0) is 20.7 Å². The van der Waals surface area contributed by atoms with E-state index in [4.69, 9.17) is 14.6 Å². The predicted octanol–water partition coefficient (Wildman–Crippen LogP) is 5.29. The molecule has 1 aromatic heterocycles. The number of ether oxygens (including phenoxy) is 2. The average molecular weight is 440 g/mol. The molecule has 1 saturated heterocycles. The molecule has 0 radical (unpaired) electrons. The largest absolute Gasteiger partial charge is 0.508 e. The lowest BCUT2D eigenvalue weighted by molar-refractivity contribution is -0.279. The quantitative estimate of drug-likeness (QED) is 0.489. The van der Waals surface area contributed by atoms with Gasteiger partial charge < -0.3 is 19.7 Å². The van der Waals surface area contributed by atoms with Crippen LogP contribution in [0.1, 0.15) is 56.8 Å². The lowest BCUT2D eigenvalue weighted by Gasteiger charge is -2.43. The van der Waals surface area contributed by atoms with E-state index in [9.17, 15) is 9.90 Å². The van der Waals surface area contributed by atoms with E-state index in [1.807, 2.05) is 36.5 Å². The van der Waals surface area contributed by atoms with Crippen LogP contribution in [-0.4, -0.2) is 34.1 Å². The Hall–Kier alpha value is -2.70. The Labute approximate surface area is 189 Å². The molecule has 0 spiro atoms. The third kappa shape index (κ3) is 6.65. The number of phenolic OH excluding ortho intramolecular Hbond substituents is 1. The van der Waals surface area contributed by atoms with Crippen LogP contribution in [0.25, 0.3) is 0 Å². The minimum atomic E-state index is -0.803. The molecular weight excluding hydrogens is 406 g/mol. The first kappa shape index (κ1) is 24.0. The molecule has 0 aliphatic carbocycles. The maximum Gasteiger partial charge on any atom is 0.303 e. The SMILES string of the molecule is CC(C)(CCc1cccnc1)[C@H]1OC[C@@H](C/C=C/CCC(=O)O)[C@@H](c2ccccc2O)O1. The molecule has 3 rings (SSSR count). The molecule has 1 aromatic carbocycles. The molecule has 0 unspecified atom stereocenters. The van der Waals surface area contributed by atoms with Crippen LogP contribution < -0.4 is 0 Å². The van der Waals surface area contributed by atoms with Crippen molar-refractivity contribution in [2.24, 2.45) is 11.3 Å². The Balaban J connectivity index is 1.70. The number of allylic oxidation sites excluding steroid dienone is 2. The maximum absolute atomic E-state index is 10.7. The summed E-state index contributed by atoms with van der Waals surface area (Å²) in [6, 6.07) is 11.3. The van der Waals surface area contributed by atoms with E-state index in [1.54, 1.807) is 18.3 Å². The summed E-state index contributed by atoms with van der Waals surface area (Å²) in [5.74, 6) is -0.566. The Morgan fingerprint density at radius 3 is 2.75 bits per heavy atom. The zero-order chi connectivity index (χ0) is 23.0. The summed E-state index contributed by atoms with van der Waals surface area (Å²) in [6.07, 6.45) is 9.86. The number of benzene rings is 1. The highest BCUT2D eigenvalue weighted by atomic mass is 16.7. The van der Waals surface area contributed by atoms with Crippen molar-refractivity contribution in [3.63, 3.8) is 0 Å². The van der Waals surface area contributed by atoms with E-state index < -0.39 is 12.3 Å². The van der Waals surface area contributed by atoms with Crippen LogP contribution >= 0.6 is 0 Å². The number of para-hydroxylation sites is 1. The van der Waals surface area contributed by atoms with Gasteiger partial charge in [-0.05, 0) is 43.4 Å². The van der Waals surface area contributed by atoms with Gasteiger partial charge in [-0.15, -0.1) is 0 Å². The monoisotopic (exact) mass is 439 g/mol. The van der Waals surface area contributed by atoms with Crippen LogP contribution in [0.15, 0.2) is 60.9 Å². The normalized spacial score (nSPS) is 21.6. The maximum atomic E-state index is 10.7. The van der Waals surface area contributed by atoms with Crippen molar-refractivity contribution in [1.29, 1.82) is 0 Å². The molecule has 0 saturated carbocycles. The molecule has 6 nitrogen and oxygen atoms in total. The van der Waals surface area contributed by atoms with Crippen LogP contribution in [0.2, 0.25) is 0 Å².